The molecule has 0 fully saturated rings. The lowest BCUT2D eigenvalue weighted by Crippen LogP contribution is -2.14. The van der Waals surface area contributed by atoms with Crippen molar-refractivity contribution in [2.75, 3.05) is 12.4 Å². The fraction of sp³-hybridized carbons (Fsp3) is 0.154. The van der Waals surface area contributed by atoms with Crippen molar-refractivity contribution in [3.05, 3.63) is 92.7 Å². The van der Waals surface area contributed by atoms with Gasteiger partial charge in [0, 0.05) is 10.2 Å². The number of ether oxygens (including phenoxy) is 2. The molecule has 33 heavy (non-hydrogen) atoms. The summed E-state index contributed by atoms with van der Waals surface area (Å²) in [5.74, 6) is -0.00592. The number of carbonyl (C=O) groups excluding carboxylic acids is 1. The summed E-state index contributed by atoms with van der Waals surface area (Å²) in [6, 6.07) is 17.1. The molecular weight excluding hydrogens is 487 g/mol. The molecule has 0 aliphatic carbocycles. The van der Waals surface area contributed by atoms with Gasteiger partial charge in [-0.15, -0.1) is 0 Å². The zero-order chi connectivity index (χ0) is 24.0. The minimum atomic E-state index is -0.511. The van der Waals surface area contributed by atoms with Gasteiger partial charge in [-0.1, -0.05) is 40.2 Å². The van der Waals surface area contributed by atoms with Gasteiger partial charge in [0.25, 0.3) is 5.91 Å². The zero-order valence-corrected chi connectivity index (χ0v) is 20.0. The van der Waals surface area contributed by atoms with Gasteiger partial charge in [-0.05, 0) is 72.5 Å². The van der Waals surface area contributed by atoms with Crippen LogP contribution in [0.1, 0.15) is 22.3 Å². The van der Waals surface area contributed by atoms with E-state index in [4.69, 9.17) is 9.47 Å². The van der Waals surface area contributed by atoms with Crippen LogP contribution in [-0.4, -0.2) is 13.0 Å². The van der Waals surface area contributed by atoms with E-state index >= 15 is 0 Å². The van der Waals surface area contributed by atoms with Crippen LogP contribution in [-0.2, 0) is 11.4 Å². The maximum Gasteiger partial charge on any atom is 0.266 e. The highest BCUT2D eigenvalue weighted by atomic mass is 79.9. The molecule has 3 aromatic carbocycles. The minimum absolute atomic E-state index is 0.0629. The number of hydrogen-bond acceptors (Lipinski definition) is 4. The highest BCUT2D eigenvalue weighted by molar-refractivity contribution is 9.10. The Bertz CT molecular complexity index is 1260. The van der Waals surface area contributed by atoms with Crippen molar-refractivity contribution in [3.63, 3.8) is 0 Å². The Morgan fingerprint density at radius 2 is 1.94 bits per heavy atom. The zero-order valence-electron chi connectivity index (χ0n) is 18.4. The first-order chi connectivity index (χ1) is 15.8. The molecule has 0 atom stereocenters. The maximum absolute atomic E-state index is 13.4. The molecule has 0 spiro atoms. The van der Waals surface area contributed by atoms with Crippen molar-refractivity contribution in [3.8, 4) is 17.6 Å². The van der Waals surface area contributed by atoms with Crippen LogP contribution in [0.15, 0.2) is 64.6 Å². The minimum Gasteiger partial charge on any atom is -0.493 e. The van der Waals surface area contributed by atoms with Gasteiger partial charge in [0.15, 0.2) is 11.5 Å². The summed E-state index contributed by atoms with van der Waals surface area (Å²) in [5.41, 5.74) is 3.73. The van der Waals surface area contributed by atoms with Crippen LogP contribution in [0.5, 0.6) is 11.5 Å². The van der Waals surface area contributed by atoms with Gasteiger partial charge in [-0.25, -0.2) is 4.39 Å². The summed E-state index contributed by atoms with van der Waals surface area (Å²) in [6.45, 7) is 3.96. The highest BCUT2D eigenvalue weighted by Gasteiger charge is 2.15. The van der Waals surface area contributed by atoms with Crippen LogP contribution in [0.2, 0.25) is 0 Å². The second kappa shape index (κ2) is 10.8. The lowest BCUT2D eigenvalue weighted by atomic mass is 10.1. The fourth-order valence-corrected chi connectivity index (χ4v) is 3.52. The van der Waals surface area contributed by atoms with E-state index in [1.54, 1.807) is 24.3 Å². The molecule has 0 saturated heterocycles. The molecule has 0 aliphatic heterocycles. The molecule has 0 unspecified atom stereocenters. The van der Waals surface area contributed by atoms with Gasteiger partial charge in [0.2, 0.25) is 0 Å². The Balaban J connectivity index is 1.84. The number of carbonyl (C=O) groups is 1. The summed E-state index contributed by atoms with van der Waals surface area (Å²) < 4.78 is 25.2. The van der Waals surface area contributed by atoms with Crippen molar-refractivity contribution >= 4 is 33.6 Å². The monoisotopic (exact) mass is 508 g/mol. The standard InChI is InChI=1S/C26H22BrFN2O3/c1-16-7-8-17(2)23(9-16)30-26(31)20(14-29)11-19-12-24(32-3)25(13-22(19)27)33-15-18-5-4-6-21(28)10-18/h4-13H,15H2,1-3H3,(H,30,31)/b20-11+. The van der Waals surface area contributed by atoms with Crippen LogP contribution in [0.25, 0.3) is 6.08 Å². The highest BCUT2D eigenvalue weighted by Crippen LogP contribution is 2.35. The molecule has 0 saturated carbocycles. The molecule has 3 aromatic rings. The third-order valence-electron chi connectivity index (χ3n) is 4.87. The van der Waals surface area contributed by atoms with Crippen LogP contribution in [0, 0.1) is 31.0 Å². The average molecular weight is 509 g/mol. The summed E-state index contributed by atoms with van der Waals surface area (Å²) >= 11 is 3.46. The number of aryl methyl sites for hydroxylation is 2. The number of nitriles is 1. The predicted molar refractivity (Wildman–Crippen MR) is 130 cm³/mol. The van der Waals surface area contributed by atoms with Gasteiger partial charge < -0.3 is 14.8 Å². The second-order valence-corrected chi connectivity index (χ2v) is 8.24. The maximum atomic E-state index is 13.4. The van der Waals surface area contributed by atoms with Crippen LogP contribution in [0.3, 0.4) is 0 Å². The molecule has 1 N–H and O–H groups in total. The topological polar surface area (TPSA) is 71.3 Å². The largest absolute Gasteiger partial charge is 0.493 e. The van der Waals surface area contributed by atoms with Crippen molar-refractivity contribution in [1.29, 1.82) is 5.26 Å². The van der Waals surface area contributed by atoms with Crippen molar-refractivity contribution in [1.82, 2.24) is 0 Å². The van der Waals surface area contributed by atoms with E-state index in [1.165, 1.54) is 25.3 Å². The van der Waals surface area contributed by atoms with E-state index in [1.807, 2.05) is 38.1 Å². The van der Waals surface area contributed by atoms with E-state index in [0.717, 1.165) is 11.1 Å². The Kier molecular flexibility index (Phi) is 7.86. The quantitative estimate of drug-likeness (QED) is 0.298. The first-order valence-electron chi connectivity index (χ1n) is 10.1. The molecule has 0 heterocycles. The number of methoxy groups -OCH3 is 1. The molecule has 0 radical (unpaired) electrons. The Morgan fingerprint density at radius 3 is 2.64 bits per heavy atom. The van der Waals surface area contributed by atoms with Gasteiger partial charge in [0.05, 0.1) is 7.11 Å². The van der Waals surface area contributed by atoms with Crippen LogP contribution < -0.4 is 14.8 Å². The number of halogens is 2. The smallest absolute Gasteiger partial charge is 0.266 e. The normalized spacial score (nSPS) is 11.0. The molecule has 168 valence electrons. The molecular formula is C26H22BrFN2O3. The summed E-state index contributed by atoms with van der Waals surface area (Å²) in [4.78, 5) is 12.7. The van der Waals surface area contributed by atoms with Crippen molar-refractivity contribution in [2.24, 2.45) is 0 Å². The van der Waals surface area contributed by atoms with E-state index in [-0.39, 0.29) is 18.0 Å². The fourth-order valence-electron chi connectivity index (χ4n) is 3.09. The van der Waals surface area contributed by atoms with Crippen LogP contribution >= 0.6 is 15.9 Å². The van der Waals surface area contributed by atoms with Crippen molar-refractivity contribution < 1.29 is 18.7 Å². The molecule has 0 aliphatic rings. The van der Waals surface area contributed by atoms with E-state index in [0.29, 0.717) is 32.8 Å². The first kappa shape index (κ1) is 24.0. The van der Waals surface area contributed by atoms with Crippen molar-refractivity contribution in [2.45, 2.75) is 20.5 Å². The summed E-state index contributed by atoms with van der Waals surface area (Å²) in [5, 5.41) is 12.4. The molecule has 0 aromatic heterocycles. The van der Waals surface area contributed by atoms with Gasteiger partial charge in [0.1, 0.15) is 24.1 Å². The molecule has 0 bridgehead atoms. The number of nitrogens with zero attached hydrogens (tertiary/aromatic N) is 1. The van der Waals surface area contributed by atoms with E-state index < -0.39 is 5.91 Å². The number of hydrogen-bond donors (Lipinski definition) is 1. The molecule has 5 nitrogen and oxygen atoms in total. The van der Waals surface area contributed by atoms with Gasteiger partial charge in [-0.3, -0.25) is 4.79 Å². The van der Waals surface area contributed by atoms with E-state index in [2.05, 4.69) is 21.2 Å². The van der Waals surface area contributed by atoms with Crippen LogP contribution in [0.4, 0.5) is 10.1 Å². The Labute approximate surface area is 200 Å². The van der Waals surface area contributed by atoms with Gasteiger partial charge in [-0.2, -0.15) is 5.26 Å². The Hall–Kier alpha value is -3.63. The predicted octanol–water partition coefficient (Wildman–Crippen LogP) is 6.34. The first-order valence-corrected chi connectivity index (χ1v) is 10.8. The lowest BCUT2D eigenvalue weighted by molar-refractivity contribution is -0.112. The number of amides is 1. The third kappa shape index (κ3) is 6.21. The molecule has 1 amide bonds. The molecule has 7 heteroatoms. The second-order valence-electron chi connectivity index (χ2n) is 7.39. The summed E-state index contributed by atoms with van der Waals surface area (Å²) in [7, 11) is 1.49. The lowest BCUT2D eigenvalue weighted by Gasteiger charge is -2.13. The number of anilines is 1. The number of rotatable bonds is 7. The van der Waals surface area contributed by atoms with Gasteiger partial charge >= 0.3 is 0 Å². The number of nitrogens with one attached hydrogen (secondary N) is 1. The SMILES string of the molecule is COc1cc(/C=C(\C#N)C(=O)Nc2cc(C)ccc2C)c(Br)cc1OCc1cccc(F)c1. The summed E-state index contributed by atoms with van der Waals surface area (Å²) in [6.07, 6.45) is 1.48. The average Bonchev–Trinajstić information content (AvgIpc) is 2.79. The Morgan fingerprint density at radius 1 is 1.15 bits per heavy atom. The molecule has 3 rings (SSSR count). The number of benzene rings is 3. The van der Waals surface area contributed by atoms with E-state index in [9.17, 15) is 14.4 Å². The third-order valence-corrected chi connectivity index (χ3v) is 5.56.